The number of aromatic hydroxyl groups is 1. The van der Waals surface area contributed by atoms with E-state index in [-0.39, 0.29) is 11.5 Å². The van der Waals surface area contributed by atoms with Gasteiger partial charge >= 0.3 is 0 Å². The van der Waals surface area contributed by atoms with Gasteiger partial charge in [0.25, 0.3) is 0 Å². The van der Waals surface area contributed by atoms with E-state index in [0.29, 0.717) is 0 Å². The van der Waals surface area contributed by atoms with E-state index in [0.717, 1.165) is 40.9 Å². The number of ketones is 1. The first kappa shape index (κ1) is 13.4. The lowest BCUT2D eigenvalue weighted by molar-refractivity contribution is 0.102. The Hall–Kier alpha value is -2.55. The lowest BCUT2D eigenvalue weighted by Gasteiger charge is -2.18. The molecule has 0 unspecified atom stereocenters. The number of phenols is 1. The molecule has 0 fully saturated rings. The molecular formula is C18H16O3. The summed E-state index contributed by atoms with van der Waals surface area (Å²) in [5.74, 6) is 1.09. The van der Waals surface area contributed by atoms with Gasteiger partial charge in [0.2, 0.25) is 0 Å². The van der Waals surface area contributed by atoms with Gasteiger partial charge in [-0.05, 0) is 60.4 Å². The quantitative estimate of drug-likeness (QED) is 0.855. The van der Waals surface area contributed by atoms with Gasteiger partial charge in [0, 0.05) is 11.1 Å². The number of hydrogen-bond donors (Lipinski definition) is 1. The number of ether oxygens (including phenoxy) is 1. The van der Waals surface area contributed by atoms with Crippen molar-refractivity contribution in [3.8, 4) is 11.5 Å². The molecule has 0 atom stereocenters. The van der Waals surface area contributed by atoms with Gasteiger partial charge in [-0.15, -0.1) is 0 Å². The lowest BCUT2D eigenvalue weighted by Crippen LogP contribution is -2.14. The molecule has 0 amide bonds. The van der Waals surface area contributed by atoms with Gasteiger partial charge in [-0.25, -0.2) is 0 Å². The third-order valence-electron chi connectivity index (χ3n) is 3.75. The molecule has 1 N–H and O–H groups in total. The Kier molecular flexibility index (Phi) is 3.48. The molecular weight excluding hydrogens is 264 g/mol. The zero-order valence-corrected chi connectivity index (χ0v) is 11.8. The highest BCUT2D eigenvalue weighted by molar-refractivity contribution is 6.13. The van der Waals surface area contributed by atoms with Crippen LogP contribution < -0.4 is 4.74 Å². The van der Waals surface area contributed by atoms with Crippen molar-refractivity contribution in [2.75, 3.05) is 7.11 Å². The fourth-order valence-corrected chi connectivity index (χ4v) is 2.59. The smallest absolute Gasteiger partial charge is 0.189 e. The van der Waals surface area contributed by atoms with Crippen molar-refractivity contribution in [2.45, 2.75) is 12.8 Å². The zero-order chi connectivity index (χ0) is 14.8. The molecule has 2 aromatic carbocycles. The number of allylic oxidation sites excluding steroid dienone is 1. The number of phenolic OH excluding ortho intramolecular Hbond substituents is 1. The Morgan fingerprint density at radius 3 is 2.57 bits per heavy atom. The maximum atomic E-state index is 12.5. The highest BCUT2D eigenvalue weighted by Gasteiger charge is 2.22. The zero-order valence-electron chi connectivity index (χ0n) is 11.8. The van der Waals surface area contributed by atoms with Gasteiger partial charge in [-0.1, -0.05) is 12.1 Å². The van der Waals surface area contributed by atoms with Crippen LogP contribution in [-0.2, 0) is 6.42 Å². The van der Waals surface area contributed by atoms with Crippen molar-refractivity contribution < 1.29 is 14.6 Å². The van der Waals surface area contributed by atoms with Crippen LogP contribution >= 0.6 is 0 Å². The fourth-order valence-electron chi connectivity index (χ4n) is 2.59. The summed E-state index contributed by atoms with van der Waals surface area (Å²) in [4.78, 5) is 12.5. The third-order valence-corrected chi connectivity index (χ3v) is 3.75. The highest BCUT2D eigenvalue weighted by Crippen LogP contribution is 2.29. The molecule has 1 aliphatic carbocycles. The van der Waals surface area contributed by atoms with E-state index in [9.17, 15) is 9.90 Å². The Balaban J connectivity index is 1.93. The van der Waals surface area contributed by atoms with Crippen molar-refractivity contribution >= 4 is 11.9 Å². The minimum Gasteiger partial charge on any atom is -0.508 e. The molecule has 0 spiro atoms. The van der Waals surface area contributed by atoms with Crippen molar-refractivity contribution in [1.82, 2.24) is 0 Å². The molecule has 0 radical (unpaired) electrons. The van der Waals surface area contributed by atoms with Crippen molar-refractivity contribution in [1.29, 1.82) is 0 Å². The molecule has 3 heteroatoms. The molecule has 0 saturated carbocycles. The van der Waals surface area contributed by atoms with Gasteiger partial charge in [-0.3, -0.25) is 4.79 Å². The maximum absolute atomic E-state index is 12.5. The number of hydrogen-bond acceptors (Lipinski definition) is 3. The van der Waals surface area contributed by atoms with Gasteiger partial charge in [0.15, 0.2) is 5.78 Å². The minimum atomic E-state index is 0.0759. The molecule has 3 nitrogen and oxygen atoms in total. The largest absolute Gasteiger partial charge is 0.508 e. The van der Waals surface area contributed by atoms with Gasteiger partial charge in [0.05, 0.1) is 7.11 Å². The van der Waals surface area contributed by atoms with Crippen LogP contribution in [0.4, 0.5) is 0 Å². The van der Waals surface area contributed by atoms with E-state index in [1.807, 2.05) is 24.3 Å². The summed E-state index contributed by atoms with van der Waals surface area (Å²) in [5.41, 5.74) is 3.53. The summed E-state index contributed by atoms with van der Waals surface area (Å²) >= 11 is 0. The average Bonchev–Trinajstić information content (AvgIpc) is 2.52. The predicted octanol–water partition coefficient (Wildman–Crippen LogP) is 3.61. The van der Waals surface area contributed by atoms with E-state index in [1.165, 1.54) is 0 Å². The second-order valence-corrected chi connectivity index (χ2v) is 5.11. The Labute approximate surface area is 123 Å². The first-order valence-electron chi connectivity index (χ1n) is 6.88. The summed E-state index contributed by atoms with van der Waals surface area (Å²) in [6.07, 6.45) is 3.46. The van der Waals surface area contributed by atoms with Crippen LogP contribution in [0, 0.1) is 0 Å². The van der Waals surface area contributed by atoms with E-state index in [1.54, 1.807) is 31.4 Å². The Bertz CT molecular complexity index is 712. The van der Waals surface area contributed by atoms with Crippen molar-refractivity contribution in [2.24, 2.45) is 0 Å². The second kappa shape index (κ2) is 5.44. The SMILES string of the molecule is COc1ccc2c(c1)CC/C(=C\c1ccc(O)cc1)C2=O. The maximum Gasteiger partial charge on any atom is 0.189 e. The molecule has 0 saturated heterocycles. The summed E-state index contributed by atoms with van der Waals surface area (Å²) in [6.45, 7) is 0. The van der Waals surface area contributed by atoms with E-state index >= 15 is 0 Å². The normalized spacial score (nSPS) is 15.9. The topological polar surface area (TPSA) is 46.5 Å². The number of benzene rings is 2. The number of fused-ring (bicyclic) bond motifs is 1. The van der Waals surface area contributed by atoms with E-state index in [2.05, 4.69) is 0 Å². The molecule has 0 bridgehead atoms. The Morgan fingerprint density at radius 2 is 1.86 bits per heavy atom. The van der Waals surface area contributed by atoms with E-state index < -0.39 is 0 Å². The molecule has 2 aromatic rings. The minimum absolute atomic E-state index is 0.0759. The van der Waals surface area contributed by atoms with Crippen LogP contribution in [0.25, 0.3) is 6.08 Å². The summed E-state index contributed by atoms with van der Waals surface area (Å²) in [6, 6.07) is 12.4. The van der Waals surface area contributed by atoms with Gasteiger partial charge < -0.3 is 9.84 Å². The first-order valence-corrected chi connectivity index (χ1v) is 6.88. The summed E-state index contributed by atoms with van der Waals surface area (Å²) < 4.78 is 5.20. The molecule has 21 heavy (non-hydrogen) atoms. The molecule has 0 heterocycles. The lowest BCUT2D eigenvalue weighted by atomic mass is 9.86. The van der Waals surface area contributed by atoms with Gasteiger partial charge in [0.1, 0.15) is 11.5 Å². The summed E-state index contributed by atoms with van der Waals surface area (Å²) in [7, 11) is 1.63. The monoisotopic (exact) mass is 280 g/mol. The number of rotatable bonds is 2. The predicted molar refractivity (Wildman–Crippen MR) is 81.7 cm³/mol. The molecule has 3 rings (SSSR count). The van der Waals surface area contributed by atoms with Gasteiger partial charge in [-0.2, -0.15) is 0 Å². The van der Waals surface area contributed by atoms with E-state index in [4.69, 9.17) is 4.74 Å². The average molecular weight is 280 g/mol. The van der Waals surface area contributed by atoms with Crippen LogP contribution in [0.15, 0.2) is 48.0 Å². The Morgan fingerprint density at radius 1 is 1.10 bits per heavy atom. The number of Topliss-reactive ketones (excluding diaryl/α,β-unsaturated/α-hetero) is 1. The standard InChI is InChI=1S/C18H16O3/c1-21-16-8-9-17-13(11-16)4-5-14(18(17)20)10-12-2-6-15(19)7-3-12/h2-3,6-11,19H,4-5H2,1H3/b14-10+. The third kappa shape index (κ3) is 2.68. The molecule has 0 aromatic heterocycles. The van der Waals surface area contributed by atoms with Crippen LogP contribution in [0.1, 0.15) is 27.9 Å². The molecule has 1 aliphatic rings. The second-order valence-electron chi connectivity index (χ2n) is 5.11. The fraction of sp³-hybridized carbons (Fsp3) is 0.167. The van der Waals surface area contributed by atoms with Crippen molar-refractivity contribution in [3.05, 3.63) is 64.7 Å². The van der Waals surface area contributed by atoms with Crippen LogP contribution in [0.3, 0.4) is 0 Å². The number of aryl methyl sites for hydroxylation is 1. The number of carbonyl (C=O) groups excluding carboxylic acids is 1. The number of carbonyl (C=O) groups is 1. The van der Waals surface area contributed by atoms with Crippen LogP contribution in [0.2, 0.25) is 0 Å². The van der Waals surface area contributed by atoms with Crippen LogP contribution in [-0.4, -0.2) is 18.0 Å². The summed E-state index contributed by atoms with van der Waals surface area (Å²) in [5, 5.41) is 9.29. The van der Waals surface area contributed by atoms with Crippen LogP contribution in [0.5, 0.6) is 11.5 Å². The first-order chi connectivity index (χ1) is 10.2. The number of methoxy groups -OCH3 is 1. The molecule has 106 valence electrons. The highest BCUT2D eigenvalue weighted by atomic mass is 16.5. The molecule has 0 aliphatic heterocycles. The van der Waals surface area contributed by atoms with Crippen molar-refractivity contribution in [3.63, 3.8) is 0 Å².